The van der Waals surface area contributed by atoms with Gasteiger partial charge in [-0.1, -0.05) is 13.0 Å². The summed E-state index contributed by atoms with van der Waals surface area (Å²) in [5, 5.41) is 0. The van der Waals surface area contributed by atoms with Gasteiger partial charge in [0.2, 0.25) is 10.0 Å². The molecule has 1 amide bonds. The van der Waals surface area contributed by atoms with Gasteiger partial charge in [0.05, 0.1) is 5.92 Å². The van der Waals surface area contributed by atoms with E-state index in [4.69, 9.17) is 4.74 Å². The number of halogens is 2. The van der Waals surface area contributed by atoms with E-state index < -0.39 is 45.0 Å². The molecule has 1 aromatic rings. The van der Waals surface area contributed by atoms with Crippen molar-refractivity contribution in [3.63, 3.8) is 0 Å². The fraction of sp³-hybridized carbons (Fsp3) is 0.529. The number of rotatable bonds is 5. The van der Waals surface area contributed by atoms with Gasteiger partial charge in [-0.3, -0.25) is 9.59 Å². The van der Waals surface area contributed by atoms with Crippen LogP contribution in [0.1, 0.15) is 13.3 Å². The molecule has 0 radical (unpaired) electrons. The Kier molecular flexibility index (Phi) is 5.48. The molecular formula is C17H20F2N2O5S. The standard InChI is InChI=1S/C17H20F2N2O5S/c1-11-9-12(11)17(23)26-10-15(22)20-5-7-21(8-6-20)27(24,25)16-13(18)3-2-4-14(16)19/h2-4,11-12H,5-10H2,1H3/t11-,12+/m0/s1. The van der Waals surface area contributed by atoms with Crippen molar-refractivity contribution in [2.24, 2.45) is 11.8 Å². The summed E-state index contributed by atoms with van der Waals surface area (Å²) in [5.74, 6) is -3.00. The van der Waals surface area contributed by atoms with Gasteiger partial charge in [-0.05, 0) is 24.5 Å². The van der Waals surface area contributed by atoms with Crippen LogP contribution in [0.25, 0.3) is 0 Å². The molecule has 1 heterocycles. The maximum absolute atomic E-state index is 13.8. The Morgan fingerprint density at radius 2 is 1.70 bits per heavy atom. The number of amides is 1. The second kappa shape index (κ2) is 7.51. The number of piperazine rings is 1. The van der Waals surface area contributed by atoms with Crippen LogP contribution in [0.4, 0.5) is 8.78 Å². The van der Waals surface area contributed by atoms with E-state index in [1.807, 2.05) is 6.92 Å². The number of carbonyl (C=O) groups excluding carboxylic acids is 2. The Labute approximate surface area is 155 Å². The average molecular weight is 402 g/mol. The molecule has 1 aromatic carbocycles. The average Bonchev–Trinajstić information content (AvgIpc) is 3.36. The lowest BCUT2D eigenvalue weighted by Gasteiger charge is -2.33. The lowest BCUT2D eigenvalue weighted by atomic mass is 10.3. The second-order valence-electron chi connectivity index (χ2n) is 6.76. The summed E-state index contributed by atoms with van der Waals surface area (Å²) in [6.45, 7) is 1.42. The van der Waals surface area contributed by atoms with Gasteiger partial charge in [-0.25, -0.2) is 17.2 Å². The lowest BCUT2D eigenvalue weighted by molar-refractivity contribution is -0.153. The third-order valence-corrected chi connectivity index (χ3v) is 6.81. The van der Waals surface area contributed by atoms with Crippen molar-refractivity contribution in [3.8, 4) is 0 Å². The molecule has 0 bridgehead atoms. The van der Waals surface area contributed by atoms with Crippen LogP contribution in [-0.2, 0) is 24.3 Å². The predicted molar refractivity (Wildman–Crippen MR) is 89.9 cm³/mol. The van der Waals surface area contributed by atoms with E-state index in [-0.39, 0.29) is 38.0 Å². The first-order valence-corrected chi connectivity index (χ1v) is 10.0. The minimum atomic E-state index is -4.35. The van der Waals surface area contributed by atoms with Crippen molar-refractivity contribution in [1.82, 2.24) is 9.21 Å². The number of esters is 1. The van der Waals surface area contributed by atoms with Crippen molar-refractivity contribution in [1.29, 1.82) is 0 Å². The van der Waals surface area contributed by atoms with Crippen LogP contribution in [0.15, 0.2) is 23.1 Å². The second-order valence-corrected chi connectivity index (χ2v) is 8.64. The van der Waals surface area contributed by atoms with Gasteiger partial charge < -0.3 is 9.64 Å². The number of hydrogen-bond donors (Lipinski definition) is 0. The first kappa shape index (κ1) is 19.7. The summed E-state index contributed by atoms with van der Waals surface area (Å²) in [4.78, 5) is 24.2. The molecule has 1 aliphatic heterocycles. The summed E-state index contributed by atoms with van der Waals surface area (Å²) < 4.78 is 58.6. The van der Waals surface area contributed by atoms with Gasteiger partial charge in [-0.15, -0.1) is 0 Å². The Morgan fingerprint density at radius 3 is 2.22 bits per heavy atom. The molecule has 2 fully saturated rings. The van der Waals surface area contributed by atoms with Gasteiger partial charge in [0.15, 0.2) is 11.5 Å². The first-order chi connectivity index (χ1) is 12.7. The van der Waals surface area contributed by atoms with Crippen molar-refractivity contribution < 1.29 is 31.5 Å². The highest BCUT2D eigenvalue weighted by Gasteiger charge is 2.41. The maximum Gasteiger partial charge on any atom is 0.309 e. The number of nitrogens with zero attached hydrogens (tertiary/aromatic N) is 2. The minimum absolute atomic E-state index is 0.0471. The quantitative estimate of drug-likeness (QED) is 0.686. The van der Waals surface area contributed by atoms with E-state index in [1.54, 1.807) is 0 Å². The molecule has 2 atom stereocenters. The third kappa shape index (κ3) is 4.11. The van der Waals surface area contributed by atoms with Gasteiger partial charge in [0, 0.05) is 26.2 Å². The van der Waals surface area contributed by atoms with Gasteiger partial charge >= 0.3 is 5.97 Å². The molecule has 1 saturated carbocycles. The molecule has 0 spiro atoms. The van der Waals surface area contributed by atoms with Crippen molar-refractivity contribution >= 4 is 21.9 Å². The van der Waals surface area contributed by atoms with E-state index in [1.165, 1.54) is 4.90 Å². The molecule has 0 aromatic heterocycles. The molecule has 27 heavy (non-hydrogen) atoms. The van der Waals surface area contributed by atoms with Gasteiger partial charge in [-0.2, -0.15) is 4.31 Å². The zero-order chi connectivity index (χ0) is 19.8. The van der Waals surface area contributed by atoms with E-state index in [9.17, 15) is 26.8 Å². The van der Waals surface area contributed by atoms with Crippen LogP contribution in [0.2, 0.25) is 0 Å². The zero-order valence-corrected chi connectivity index (χ0v) is 15.5. The highest BCUT2D eigenvalue weighted by atomic mass is 32.2. The molecule has 1 saturated heterocycles. The highest BCUT2D eigenvalue weighted by molar-refractivity contribution is 7.89. The van der Waals surface area contributed by atoms with Crippen LogP contribution in [-0.4, -0.2) is 62.3 Å². The largest absolute Gasteiger partial charge is 0.455 e. The molecule has 3 rings (SSSR count). The van der Waals surface area contributed by atoms with Crippen molar-refractivity contribution in [2.75, 3.05) is 32.8 Å². The third-order valence-electron chi connectivity index (χ3n) is 4.86. The van der Waals surface area contributed by atoms with Crippen LogP contribution >= 0.6 is 0 Å². The number of carbonyl (C=O) groups is 2. The summed E-state index contributed by atoms with van der Waals surface area (Å²) in [6, 6.07) is 2.85. The fourth-order valence-electron chi connectivity index (χ4n) is 3.02. The number of hydrogen-bond acceptors (Lipinski definition) is 5. The number of sulfonamides is 1. The van der Waals surface area contributed by atoms with Gasteiger partial charge in [0.1, 0.15) is 11.6 Å². The molecular weight excluding hydrogens is 382 g/mol. The predicted octanol–water partition coefficient (Wildman–Crippen LogP) is 0.997. The fourth-order valence-corrected chi connectivity index (χ4v) is 4.55. The van der Waals surface area contributed by atoms with Crippen LogP contribution in [0.5, 0.6) is 0 Å². The molecule has 7 nitrogen and oxygen atoms in total. The van der Waals surface area contributed by atoms with Crippen LogP contribution in [0, 0.1) is 23.5 Å². The SMILES string of the molecule is C[C@H]1C[C@H]1C(=O)OCC(=O)N1CCN(S(=O)(=O)c2c(F)cccc2F)CC1. The Hall–Kier alpha value is -2.07. The minimum Gasteiger partial charge on any atom is -0.455 e. The summed E-state index contributed by atoms with van der Waals surface area (Å²) >= 11 is 0. The lowest BCUT2D eigenvalue weighted by Crippen LogP contribution is -2.51. The van der Waals surface area contributed by atoms with Crippen LogP contribution < -0.4 is 0 Å². The highest BCUT2D eigenvalue weighted by Crippen LogP contribution is 2.38. The number of ether oxygens (including phenoxy) is 1. The smallest absolute Gasteiger partial charge is 0.309 e. The molecule has 2 aliphatic rings. The molecule has 0 unspecified atom stereocenters. The Bertz CT molecular complexity index is 833. The van der Waals surface area contributed by atoms with E-state index in [0.29, 0.717) is 0 Å². The maximum atomic E-state index is 13.8. The summed E-state index contributed by atoms with van der Waals surface area (Å²) in [7, 11) is -4.35. The molecule has 10 heteroatoms. The Balaban J connectivity index is 1.56. The van der Waals surface area contributed by atoms with E-state index in [2.05, 4.69) is 0 Å². The first-order valence-electron chi connectivity index (χ1n) is 8.60. The zero-order valence-electron chi connectivity index (χ0n) is 14.7. The number of benzene rings is 1. The monoisotopic (exact) mass is 402 g/mol. The van der Waals surface area contributed by atoms with E-state index in [0.717, 1.165) is 28.9 Å². The Morgan fingerprint density at radius 1 is 1.15 bits per heavy atom. The normalized spacial score (nSPS) is 23.1. The van der Waals surface area contributed by atoms with Crippen molar-refractivity contribution in [3.05, 3.63) is 29.8 Å². The van der Waals surface area contributed by atoms with Crippen LogP contribution in [0.3, 0.4) is 0 Å². The molecule has 1 aliphatic carbocycles. The topological polar surface area (TPSA) is 84.0 Å². The van der Waals surface area contributed by atoms with Gasteiger partial charge in [0.25, 0.3) is 5.91 Å². The summed E-state index contributed by atoms with van der Waals surface area (Å²) in [6.07, 6.45) is 0.760. The van der Waals surface area contributed by atoms with E-state index >= 15 is 0 Å². The van der Waals surface area contributed by atoms with Crippen molar-refractivity contribution in [2.45, 2.75) is 18.2 Å². The summed E-state index contributed by atoms with van der Waals surface area (Å²) in [5.41, 5.74) is 0. The molecule has 148 valence electrons. The molecule has 0 N–H and O–H groups in total.